The second kappa shape index (κ2) is 19.3. The first-order chi connectivity index (χ1) is 32.0. The third-order valence-corrected chi connectivity index (χ3v) is 11.0. The van der Waals surface area contributed by atoms with Crippen molar-refractivity contribution in [1.82, 2.24) is 73.8 Å². The Labute approximate surface area is 374 Å². The second-order valence-corrected chi connectivity index (χ2v) is 15.8. The molecular weight excluding hydrogens is 991 g/mol. The first-order valence-electron chi connectivity index (χ1n) is 20.4. The molecule has 5 aromatic rings. The first-order valence-corrected chi connectivity index (χ1v) is 20.4. The second-order valence-electron chi connectivity index (χ2n) is 15.8. The van der Waals surface area contributed by atoms with Crippen LogP contribution in [0, 0.1) is 0 Å². The molecular formula is C35H36F19N15. The van der Waals surface area contributed by atoms with E-state index in [1.165, 1.54) is 19.0 Å². The molecule has 0 bridgehead atoms. The summed E-state index contributed by atoms with van der Waals surface area (Å²) < 4.78 is 251. The van der Waals surface area contributed by atoms with Crippen LogP contribution in [-0.4, -0.2) is 104 Å². The van der Waals surface area contributed by atoms with E-state index in [9.17, 15) is 83.4 Å². The molecule has 0 N–H and O–H groups in total. The smallest absolute Gasteiger partial charge is 0.250 e. The number of alkyl halides is 19. The molecule has 15 nitrogen and oxygen atoms in total. The molecule has 69 heavy (non-hydrogen) atoms. The van der Waals surface area contributed by atoms with Crippen molar-refractivity contribution in [3.63, 3.8) is 0 Å². The predicted molar refractivity (Wildman–Crippen MR) is 191 cm³/mol. The Morgan fingerprint density at radius 2 is 1.06 bits per heavy atom. The van der Waals surface area contributed by atoms with Gasteiger partial charge in [0.15, 0.2) is 18.3 Å². The van der Waals surface area contributed by atoms with Crippen molar-refractivity contribution >= 4 is 0 Å². The van der Waals surface area contributed by atoms with Crippen molar-refractivity contribution < 1.29 is 83.4 Å². The Hall–Kier alpha value is -5.63. The molecule has 0 saturated heterocycles. The highest BCUT2D eigenvalue weighted by atomic mass is 19.4. The van der Waals surface area contributed by atoms with Crippen LogP contribution in [0.4, 0.5) is 83.4 Å². The van der Waals surface area contributed by atoms with E-state index in [1.54, 1.807) is 9.36 Å². The Morgan fingerprint density at radius 3 is 1.72 bits per heavy atom. The van der Waals surface area contributed by atoms with Gasteiger partial charge in [0.2, 0.25) is 17.6 Å². The average molecular weight is 1030 g/mol. The van der Waals surface area contributed by atoms with Gasteiger partial charge in [0.05, 0.1) is 0 Å². The van der Waals surface area contributed by atoms with E-state index in [2.05, 4.69) is 50.4 Å². The summed E-state index contributed by atoms with van der Waals surface area (Å²) in [5.74, 6) is -34.5. The lowest BCUT2D eigenvalue weighted by Gasteiger charge is -2.34. The molecule has 5 aliphatic heterocycles. The van der Waals surface area contributed by atoms with Crippen LogP contribution in [0.15, 0.2) is 31.6 Å². The van der Waals surface area contributed by atoms with Crippen molar-refractivity contribution in [2.45, 2.75) is 156 Å². The molecule has 10 rings (SSSR count). The zero-order chi connectivity index (χ0) is 51.0. The highest BCUT2D eigenvalue weighted by molar-refractivity contribution is 5.18. The molecule has 0 spiro atoms. The lowest BCUT2D eigenvalue weighted by Crippen LogP contribution is -2.63. The van der Waals surface area contributed by atoms with Gasteiger partial charge in [-0.25, -0.2) is 56.2 Å². The Morgan fingerprint density at radius 1 is 0.478 bits per heavy atom. The predicted octanol–water partition coefficient (Wildman–Crippen LogP) is 9.08. The minimum atomic E-state index is -7.05. The van der Waals surface area contributed by atoms with Crippen LogP contribution in [0.25, 0.3) is 0 Å². The summed E-state index contributed by atoms with van der Waals surface area (Å²) in [6, 6.07) is -9.49. The number of aromatic nitrogens is 15. The van der Waals surface area contributed by atoms with Crippen LogP contribution in [-0.2, 0) is 49.9 Å². The highest BCUT2D eigenvalue weighted by Crippen LogP contribution is 2.63. The van der Waals surface area contributed by atoms with Gasteiger partial charge in [0.1, 0.15) is 49.5 Å². The zero-order valence-electron chi connectivity index (χ0n) is 34.9. The van der Waals surface area contributed by atoms with E-state index < -0.39 is 95.4 Å². The number of fused-ring (bicyclic) bond motifs is 5. The van der Waals surface area contributed by atoms with Gasteiger partial charge < -0.3 is 0 Å². The molecule has 5 aliphatic rings. The zero-order valence-corrected chi connectivity index (χ0v) is 34.9. The third-order valence-electron chi connectivity index (χ3n) is 11.0. The number of halogens is 19. The summed E-state index contributed by atoms with van der Waals surface area (Å²) in [5, 5.41) is 16.8. The summed E-state index contributed by atoms with van der Waals surface area (Å²) in [6.45, 7) is 0.957. The Bertz CT molecular complexity index is 2310. The molecule has 3 atom stereocenters. The summed E-state index contributed by atoms with van der Waals surface area (Å²) >= 11 is 0. The van der Waals surface area contributed by atoms with Gasteiger partial charge in [0.25, 0.3) is 0 Å². The molecule has 0 amide bonds. The van der Waals surface area contributed by atoms with Gasteiger partial charge in [0, 0.05) is 51.6 Å². The van der Waals surface area contributed by atoms with E-state index >= 15 is 0 Å². The summed E-state index contributed by atoms with van der Waals surface area (Å²) in [5.41, 5.74) is 0. The van der Waals surface area contributed by atoms with Gasteiger partial charge in [-0.15, -0.1) is 0 Å². The van der Waals surface area contributed by atoms with E-state index in [0.29, 0.717) is 50.9 Å². The molecule has 0 radical (unpaired) electrons. The van der Waals surface area contributed by atoms with Crippen LogP contribution in [0.3, 0.4) is 0 Å². The molecule has 0 fully saturated rings. The number of nitrogens with zero attached hydrogens (tertiary/aromatic N) is 15. The minimum absolute atomic E-state index is 0.0278. The average Bonchev–Trinajstić information content (AvgIpc) is 4.12. The number of rotatable bonds is 0. The Balaban J connectivity index is 0.000000144. The van der Waals surface area contributed by atoms with Crippen molar-refractivity contribution in [2.75, 3.05) is 0 Å². The highest BCUT2D eigenvalue weighted by Gasteiger charge is 2.90. The van der Waals surface area contributed by atoms with Crippen molar-refractivity contribution in [3.8, 4) is 0 Å². The molecule has 384 valence electrons. The fraction of sp³-hybridized carbons (Fsp3) is 0.714. The van der Waals surface area contributed by atoms with E-state index in [-0.39, 0.29) is 42.6 Å². The van der Waals surface area contributed by atoms with Crippen molar-refractivity contribution in [3.05, 3.63) is 60.8 Å². The number of hydrogen-bond donors (Lipinski definition) is 0. The van der Waals surface area contributed by atoms with Gasteiger partial charge in [-0.2, -0.15) is 96.3 Å². The molecule has 3 unspecified atom stereocenters. The van der Waals surface area contributed by atoms with Gasteiger partial charge in [-0.05, 0) is 38.5 Å². The van der Waals surface area contributed by atoms with Crippen molar-refractivity contribution in [1.29, 1.82) is 0 Å². The van der Waals surface area contributed by atoms with Gasteiger partial charge in [-0.1, -0.05) is 0 Å². The monoisotopic (exact) mass is 1030 g/mol. The maximum absolute atomic E-state index is 13.2. The van der Waals surface area contributed by atoms with E-state index in [1.807, 2.05) is 0 Å². The summed E-state index contributed by atoms with van der Waals surface area (Å²) in [6.07, 6.45) is 3.42. The summed E-state index contributed by atoms with van der Waals surface area (Å²) in [4.78, 5) is 17.1. The molecule has 0 aliphatic carbocycles. The molecule has 0 saturated carbocycles. The largest absolute Gasteiger partial charge is 0.414 e. The van der Waals surface area contributed by atoms with Crippen LogP contribution < -0.4 is 0 Å². The number of hydrogen-bond acceptors (Lipinski definition) is 10. The van der Waals surface area contributed by atoms with Crippen molar-refractivity contribution in [2.24, 2.45) is 0 Å². The number of aryl methyl sites for hydroxylation is 4. The molecule has 10 heterocycles. The van der Waals surface area contributed by atoms with Crippen LogP contribution in [0.1, 0.15) is 106 Å². The van der Waals surface area contributed by atoms with Crippen LogP contribution in [0.5, 0.6) is 0 Å². The quantitative estimate of drug-likeness (QED) is 0.137. The van der Waals surface area contributed by atoms with E-state index in [4.69, 9.17) is 0 Å². The normalized spacial score (nSPS) is 25.9. The maximum Gasteiger partial charge on any atom is 0.414 e. The van der Waals surface area contributed by atoms with E-state index in [0.717, 1.165) is 23.3 Å². The SMILES string of the molecule is FC1(F)CCCC(F)(F)n2ncnc21.FC1(F)CCc2ncnn2CC1.FC1(F)c2ncnn2C(F)(F)C(F)(F)C(F)(F)C1(F)F.FC1CCCC(F)n2ncnc21.FC1CCc2ncnn2CC1. The lowest BCUT2D eigenvalue weighted by molar-refractivity contribution is -0.408. The molecule has 5 aromatic heterocycles. The fourth-order valence-electron chi connectivity index (χ4n) is 7.12. The topological polar surface area (TPSA) is 154 Å². The van der Waals surface area contributed by atoms with Gasteiger partial charge >= 0.3 is 41.7 Å². The lowest BCUT2D eigenvalue weighted by atomic mass is 9.99. The fourth-order valence-corrected chi connectivity index (χ4v) is 7.12. The minimum Gasteiger partial charge on any atom is -0.250 e. The van der Waals surface area contributed by atoms with Gasteiger partial charge in [-0.3, -0.25) is 4.68 Å². The standard InChI is InChI=1S/C7HF10N3.C7H7F4N3.2C7H9F2N3.C7H10FN3/c8-3(9)2-18-1-19-20(2)7(16,17)6(14,15)5(12,13)4(3,10)11;8-6(9)2-1-3-7(10,11)14-5(6)12-4-13-14;8-7(9)2-1-6-10-5-11-12(6)4-3-7;8-5-2-1-3-6(9)12-7(5)10-4-11-12;8-6-1-2-7-9-5-10-11(7)4-3-6/h1H;4H,1-3H2;5H,1-4H2;4-6H,1-3H2;5-6H,1-4H2. The van der Waals surface area contributed by atoms with Crippen LogP contribution in [0.2, 0.25) is 0 Å². The summed E-state index contributed by atoms with van der Waals surface area (Å²) in [7, 11) is 0. The first kappa shape index (κ1) is 52.7. The third kappa shape index (κ3) is 10.3. The van der Waals surface area contributed by atoms with Crippen LogP contribution >= 0.6 is 0 Å². The molecule has 34 heteroatoms. The molecule has 0 aromatic carbocycles. The maximum atomic E-state index is 13.2. The Kier molecular flexibility index (Phi) is 14.7.